The number of fused-ring (bicyclic) bond motifs is 1. The summed E-state index contributed by atoms with van der Waals surface area (Å²) in [6, 6.07) is 16.6. The van der Waals surface area contributed by atoms with E-state index in [0.29, 0.717) is 13.1 Å². The fraction of sp³-hybridized carbons (Fsp3) is 0.316. The maximum absolute atomic E-state index is 12.9. The predicted molar refractivity (Wildman–Crippen MR) is 90.2 cm³/mol. The minimum Gasteiger partial charge on any atom is -0.320 e. The second-order valence-electron chi connectivity index (χ2n) is 5.81. The van der Waals surface area contributed by atoms with Crippen LogP contribution in [0.15, 0.2) is 48.5 Å². The van der Waals surface area contributed by atoms with Crippen molar-refractivity contribution in [3.63, 3.8) is 0 Å². The van der Waals surface area contributed by atoms with E-state index in [1.165, 1.54) is 16.7 Å². The van der Waals surface area contributed by atoms with Crippen molar-refractivity contribution in [2.24, 2.45) is 0 Å². The van der Waals surface area contributed by atoms with Gasteiger partial charge in [-0.2, -0.15) is 0 Å². The molecule has 0 saturated carbocycles. The average Bonchev–Trinajstić information content (AvgIpc) is 2.55. The van der Waals surface area contributed by atoms with Gasteiger partial charge in [0.05, 0.1) is 0 Å². The van der Waals surface area contributed by atoms with Crippen LogP contribution < -0.4 is 4.90 Å². The number of hydrogen-bond acceptors (Lipinski definition) is 1. The van der Waals surface area contributed by atoms with Crippen molar-refractivity contribution in [1.82, 2.24) is 4.90 Å². The summed E-state index contributed by atoms with van der Waals surface area (Å²) in [6.45, 7) is 6.26. The van der Waals surface area contributed by atoms with E-state index in [-0.39, 0.29) is 6.03 Å². The summed E-state index contributed by atoms with van der Waals surface area (Å²) in [5, 5.41) is 0. The van der Waals surface area contributed by atoms with Gasteiger partial charge in [-0.1, -0.05) is 36.4 Å². The van der Waals surface area contributed by atoms with Crippen molar-refractivity contribution >= 4 is 11.7 Å². The summed E-state index contributed by atoms with van der Waals surface area (Å²) in [4.78, 5) is 16.7. The highest BCUT2D eigenvalue weighted by Crippen LogP contribution is 2.22. The number of urea groups is 1. The van der Waals surface area contributed by atoms with Crippen LogP contribution in [0.2, 0.25) is 0 Å². The molecule has 0 aromatic heterocycles. The molecule has 22 heavy (non-hydrogen) atoms. The van der Waals surface area contributed by atoms with Crippen molar-refractivity contribution in [3.8, 4) is 0 Å². The maximum Gasteiger partial charge on any atom is 0.324 e. The lowest BCUT2D eigenvalue weighted by Crippen LogP contribution is -2.45. The van der Waals surface area contributed by atoms with Crippen molar-refractivity contribution in [2.75, 3.05) is 18.0 Å². The number of carbonyl (C=O) groups excluding carboxylic acids is 1. The molecule has 0 N–H and O–H groups in total. The molecule has 0 bridgehead atoms. The van der Waals surface area contributed by atoms with Crippen LogP contribution in [0, 0.1) is 6.92 Å². The van der Waals surface area contributed by atoms with E-state index in [1.54, 1.807) is 0 Å². The molecule has 0 saturated heterocycles. The minimum atomic E-state index is 0.0996. The van der Waals surface area contributed by atoms with E-state index in [1.807, 2.05) is 34.9 Å². The number of nitrogens with zero attached hydrogens (tertiary/aromatic N) is 2. The molecule has 1 aliphatic rings. The highest BCUT2D eigenvalue weighted by molar-refractivity contribution is 5.92. The molecule has 0 atom stereocenters. The van der Waals surface area contributed by atoms with Crippen LogP contribution in [-0.2, 0) is 13.0 Å². The summed E-state index contributed by atoms with van der Waals surface area (Å²) in [5.41, 5.74) is 4.78. The molecular weight excluding hydrogens is 272 g/mol. The standard InChI is InChI=1S/C19H22N2O/c1-3-21(18-10-6-7-15(2)13-18)19(22)20-12-11-16-8-4-5-9-17(16)14-20/h4-10,13H,3,11-12,14H2,1-2H3. The van der Waals surface area contributed by atoms with Crippen molar-refractivity contribution < 1.29 is 4.79 Å². The summed E-state index contributed by atoms with van der Waals surface area (Å²) in [6.07, 6.45) is 0.938. The summed E-state index contributed by atoms with van der Waals surface area (Å²) in [7, 11) is 0. The van der Waals surface area contributed by atoms with E-state index in [4.69, 9.17) is 0 Å². The van der Waals surface area contributed by atoms with E-state index >= 15 is 0 Å². The van der Waals surface area contributed by atoms with E-state index in [2.05, 4.69) is 37.3 Å². The molecule has 0 spiro atoms. The molecule has 0 radical (unpaired) electrons. The van der Waals surface area contributed by atoms with Crippen LogP contribution in [0.3, 0.4) is 0 Å². The lowest BCUT2D eigenvalue weighted by atomic mass is 10.0. The van der Waals surface area contributed by atoms with Gasteiger partial charge in [0.15, 0.2) is 0 Å². The van der Waals surface area contributed by atoms with Gasteiger partial charge in [-0.25, -0.2) is 4.79 Å². The molecule has 3 rings (SSSR count). The number of rotatable bonds is 2. The minimum absolute atomic E-state index is 0.0996. The highest BCUT2D eigenvalue weighted by Gasteiger charge is 2.24. The average molecular weight is 294 g/mol. The highest BCUT2D eigenvalue weighted by atomic mass is 16.2. The maximum atomic E-state index is 12.9. The number of amides is 2. The smallest absolute Gasteiger partial charge is 0.320 e. The van der Waals surface area contributed by atoms with Crippen LogP contribution in [0.1, 0.15) is 23.6 Å². The summed E-state index contributed by atoms with van der Waals surface area (Å²) < 4.78 is 0. The van der Waals surface area contributed by atoms with Crippen LogP contribution in [-0.4, -0.2) is 24.0 Å². The number of benzene rings is 2. The molecule has 0 unspecified atom stereocenters. The molecule has 1 aliphatic heterocycles. The molecule has 0 fully saturated rings. The van der Waals surface area contributed by atoms with Gasteiger partial charge in [0.25, 0.3) is 0 Å². The molecule has 3 heteroatoms. The fourth-order valence-corrected chi connectivity index (χ4v) is 3.05. The Hall–Kier alpha value is -2.29. The van der Waals surface area contributed by atoms with Gasteiger partial charge in [-0.15, -0.1) is 0 Å². The van der Waals surface area contributed by atoms with Gasteiger partial charge in [0, 0.05) is 25.3 Å². The number of aryl methyl sites for hydroxylation is 1. The lowest BCUT2D eigenvalue weighted by Gasteiger charge is -2.33. The zero-order chi connectivity index (χ0) is 15.5. The molecular formula is C19H22N2O. The molecule has 3 nitrogen and oxygen atoms in total. The fourth-order valence-electron chi connectivity index (χ4n) is 3.05. The first-order valence-electron chi connectivity index (χ1n) is 7.89. The second kappa shape index (κ2) is 6.22. The molecule has 2 aromatic rings. The van der Waals surface area contributed by atoms with E-state index in [0.717, 1.165) is 18.7 Å². The van der Waals surface area contributed by atoms with E-state index < -0.39 is 0 Å². The Kier molecular flexibility index (Phi) is 4.14. The Bertz CT molecular complexity index is 681. The van der Waals surface area contributed by atoms with Crippen LogP contribution in [0.25, 0.3) is 0 Å². The van der Waals surface area contributed by atoms with Gasteiger partial charge in [0.2, 0.25) is 0 Å². The number of anilines is 1. The Balaban J connectivity index is 1.81. The molecule has 1 heterocycles. The van der Waals surface area contributed by atoms with Crippen molar-refractivity contribution in [2.45, 2.75) is 26.8 Å². The van der Waals surface area contributed by atoms with Crippen molar-refractivity contribution in [3.05, 3.63) is 65.2 Å². The van der Waals surface area contributed by atoms with Gasteiger partial charge in [-0.3, -0.25) is 4.90 Å². The zero-order valence-electron chi connectivity index (χ0n) is 13.2. The van der Waals surface area contributed by atoms with Gasteiger partial charge < -0.3 is 4.90 Å². The zero-order valence-corrected chi connectivity index (χ0v) is 13.2. The van der Waals surface area contributed by atoms with Gasteiger partial charge >= 0.3 is 6.03 Å². The first-order valence-corrected chi connectivity index (χ1v) is 7.89. The summed E-state index contributed by atoms with van der Waals surface area (Å²) in [5.74, 6) is 0. The second-order valence-corrected chi connectivity index (χ2v) is 5.81. The number of hydrogen-bond donors (Lipinski definition) is 0. The van der Waals surface area contributed by atoms with Crippen LogP contribution >= 0.6 is 0 Å². The van der Waals surface area contributed by atoms with E-state index in [9.17, 15) is 4.79 Å². The van der Waals surface area contributed by atoms with Crippen LogP contribution in [0.5, 0.6) is 0 Å². The lowest BCUT2D eigenvalue weighted by molar-refractivity contribution is 0.199. The number of carbonyl (C=O) groups is 1. The largest absolute Gasteiger partial charge is 0.324 e. The quantitative estimate of drug-likeness (QED) is 0.821. The topological polar surface area (TPSA) is 23.6 Å². The third-order valence-electron chi connectivity index (χ3n) is 4.26. The van der Waals surface area contributed by atoms with Crippen LogP contribution in [0.4, 0.5) is 10.5 Å². The Morgan fingerprint density at radius 3 is 2.64 bits per heavy atom. The monoisotopic (exact) mass is 294 g/mol. The Morgan fingerprint density at radius 1 is 1.14 bits per heavy atom. The SMILES string of the molecule is CCN(C(=O)N1CCc2ccccc2C1)c1cccc(C)c1. The molecule has 2 aromatic carbocycles. The van der Waals surface area contributed by atoms with Crippen molar-refractivity contribution in [1.29, 1.82) is 0 Å². The normalized spacial score (nSPS) is 13.6. The van der Waals surface area contributed by atoms with Gasteiger partial charge in [-0.05, 0) is 49.1 Å². The summed E-state index contributed by atoms with van der Waals surface area (Å²) >= 11 is 0. The Morgan fingerprint density at radius 2 is 1.91 bits per heavy atom. The first-order chi connectivity index (χ1) is 10.7. The predicted octanol–water partition coefficient (Wildman–Crippen LogP) is 4.00. The van der Waals surface area contributed by atoms with Gasteiger partial charge in [0.1, 0.15) is 0 Å². The molecule has 0 aliphatic carbocycles. The Labute approximate surface area is 132 Å². The third-order valence-corrected chi connectivity index (χ3v) is 4.26. The third kappa shape index (κ3) is 2.84. The molecule has 114 valence electrons. The first kappa shape index (κ1) is 14.6. The molecule has 2 amide bonds.